The number of aromatic nitrogens is 2. The first-order valence-electron chi connectivity index (χ1n) is 12.9. The van der Waals surface area contributed by atoms with E-state index in [-0.39, 0.29) is 28.1 Å². The molecule has 2 aliphatic carbocycles. The van der Waals surface area contributed by atoms with Gasteiger partial charge in [0, 0.05) is 22.9 Å². The van der Waals surface area contributed by atoms with Crippen molar-refractivity contribution in [2.24, 2.45) is 0 Å². The van der Waals surface area contributed by atoms with E-state index in [1.807, 2.05) is 25.1 Å². The van der Waals surface area contributed by atoms with Crippen molar-refractivity contribution in [3.8, 4) is 11.3 Å². The van der Waals surface area contributed by atoms with Gasteiger partial charge in [0.2, 0.25) is 0 Å². The summed E-state index contributed by atoms with van der Waals surface area (Å²) in [5, 5.41) is 1.20. The molecule has 37 heavy (non-hydrogen) atoms. The molecular formula is C30H28N2O4S. The zero-order valence-corrected chi connectivity index (χ0v) is 21.6. The molecule has 1 saturated carbocycles. The van der Waals surface area contributed by atoms with E-state index in [1.54, 1.807) is 28.8 Å². The van der Waals surface area contributed by atoms with Crippen molar-refractivity contribution in [1.82, 2.24) is 9.55 Å². The molecule has 7 heteroatoms. The molecule has 0 bridgehead atoms. The van der Waals surface area contributed by atoms with Crippen molar-refractivity contribution in [3.63, 3.8) is 0 Å². The second kappa shape index (κ2) is 9.45. The van der Waals surface area contributed by atoms with Crippen molar-refractivity contribution in [1.29, 1.82) is 0 Å². The van der Waals surface area contributed by atoms with Gasteiger partial charge in [0.05, 0.1) is 17.0 Å². The van der Waals surface area contributed by atoms with E-state index in [1.165, 1.54) is 23.7 Å². The van der Waals surface area contributed by atoms with Crippen LogP contribution in [-0.2, 0) is 18.4 Å². The molecule has 0 atom stereocenters. The van der Waals surface area contributed by atoms with E-state index in [2.05, 4.69) is 12.1 Å². The number of Topliss-reactive ketones (excluding diaryl/α,β-unsaturated/α-hetero) is 1. The molecule has 6 rings (SSSR count). The summed E-state index contributed by atoms with van der Waals surface area (Å²) in [6.45, 7) is 2.40. The first-order valence-corrected chi connectivity index (χ1v) is 13.9. The van der Waals surface area contributed by atoms with Gasteiger partial charge in [0.1, 0.15) is 11.1 Å². The first kappa shape index (κ1) is 23.9. The standard InChI is InChI=1S/C30H28N2O4S/c1-2-32-27(34)25-26(21-12-6-4-11-20(21)17-30(25)14-8-3-9-15-30)31-29(32)37-18-23(33)22-16-19-10-5-7-13-24(19)36-28(22)35/h4-7,10-13,16H,2-3,8-9,14-15,17-18H2,1H3. The van der Waals surface area contributed by atoms with Crippen molar-refractivity contribution in [2.75, 3.05) is 5.75 Å². The van der Waals surface area contributed by atoms with Gasteiger partial charge in [-0.15, -0.1) is 0 Å². The maximum Gasteiger partial charge on any atom is 0.347 e. The summed E-state index contributed by atoms with van der Waals surface area (Å²) in [7, 11) is 0. The summed E-state index contributed by atoms with van der Waals surface area (Å²) < 4.78 is 7.05. The molecule has 188 valence electrons. The van der Waals surface area contributed by atoms with Crippen LogP contribution in [0.2, 0.25) is 0 Å². The fourth-order valence-corrected chi connectivity index (χ4v) is 7.01. The lowest BCUT2D eigenvalue weighted by Crippen LogP contribution is -2.43. The Hall–Kier alpha value is -3.45. The van der Waals surface area contributed by atoms with E-state index >= 15 is 0 Å². The van der Waals surface area contributed by atoms with Gasteiger partial charge in [-0.3, -0.25) is 14.2 Å². The Kier molecular flexibility index (Phi) is 6.11. The van der Waals surface area contributed by atoms with E-state index in [0.29, 0.717) is 22.7 Å². The number of ketones is 1. The predicted molar refractivity (Wildman–Crippen MR) is 146 cm³/mol. The minimum atomic E-state index is -0.649. The summed E-state index contributed by atoms with van der Waals surface area (Å²) in [4.78, 5) is 44.7. The average Bonchev–Trinajstić information content (AvgIpc) is 2.91. The zero-order chi connectivity index (χ0) is 25.6. The number of carbonyl (C=O) groups excluding carboxylic acids is 1. The van der Waals surface area contributed by atoms with Crippen LogP contribution in [0, 0.1) is 0 Å². The van der Waals surface area contributed by atoms with Crippen LogP contribution in [0.25, 0.3) is 22.2 Å². The molecular weight excluding hydrogens is 484 g/mol. The number of para-hydroxylation sites is 1. The second-order valence-electron chi connectivity index (χ2n) is 10.0. The maximum absolute atomic E-state index is 14.0. The van der Waals surface area contributed by atoms with Crippen LogP contribution in [0.15, 0.2) is 73.8 Å². The SMILES string of the molecule is CCn1c(SCC(=O)c2cc3ccccc3oc2=O)nc2c(c1=O)C1(CCCCC1)Cc1ccccc1-2. The Balaban J connectivity index is 1.40. The van der Waals surface area contributed by atoms with E-state index in [9.17, 15) is 14.4 Å². The second-order valence-corrected chi connectivity index (χ2v) is 11.0. The molecule has 0 radical (unpaired) electrons. The van der Waals surface area contributed by atoms with E-state index < -0.39 is 5.63 Å². The largest absolute Gasteiger partial charge is 0.422 e. The third-order valence-electron chi connectivity index (χ3n) is 7.87. The smallest absolute Gasteiger partial charge is 0.347 e. The predicted octanol–water partition coefficient (Wildman–Crippen LogP) is 5.77. The number of hydrogen-bond acceptors (Lipinski definition) is 6. The quantitative estimate of drug-likeness (QED) is 0.146. The van der Waals surface area contributed by atoms with Crippen LogP contribution in [0.3, 0.4) is 0 Å². The zero-order valence-electron chi connectivity index (χ0n) is 20.8. The van der Waals surface area contributed by atoms with Gasteiger partial charge < -0.3 is 4.42 Å². The Morgan fingerprint density at radius 2 is 1.81 bits per heavy atom. The molecule has 6 nitrogen and oxygen atoms in total. The van der Waals surface area contributed by atoms with Gasteiger partial charge in [0.25, 0.3) is 5.56 Å². The Bertz CT molecular complexity index is 1650. The van der Waals surface area contributed by atoms with Crippen molar-refractivity contribution in [2.45, 2.75) is 62.6 Å². The molecule has 0 unspecified atom stereocenters. The molecule has 0 amide bonds. The van der Waals surface area contributed by atoms with Crippen LogP contribution < -0.4 is 11.2 Å². The molecule has 1 spiro atoms. The summed E-state index contributed by atoms with van der Waals surface area (Å²) in [5.41, 5.74) is 3.50. The monoisotopic (exact) mass is 512 g/mol. The van der Waals surface area contributed by atoms with Gasteiger partial charge in [-0.1, -0.05) is 73.5 Å². The highest BCUT2D eigenvalue weighted by Gasteiger charge is 2.43. The van der Waals surface area contributed by atoms with Crippen LogP contribution in [-0.4, -0.2) is 21.1 Å². The maximum atomic E-state index is 14.0. The Labute approximate surface area is 218 Å². The minimum absolute atomic E-state index is 0.00377. The van der Waals surface area contributed by atoms with Gasteiger partial charge in [-0.2, -0.15) is 0 Å². The minimum Gasteiger partial charge on any atom is -0.422 e. The molecule has 0 aliphatic heterocycles. The third kappa shape index (κ3) is 4.06. The van der Waals surface area contributed by atoms with Crippen LogP contribution in [0.5, 0.6) is 0 Å². The number of carbonyl (C=O) groups is 1. The Morgan fingerprint density at radius 3 is 2.62 bits per heavy atom. The third-order valence-corrected chi connectivity index (χ3v) is 8.84. The van der Waals surface area contributed by atoms with E-state index in [0.717, 1.165) is 48.9 Å². The number of fused-ring (bicyclic) bond motifs is 5. The lowest BCUT2D eigenvalue weighted by molar-refractivity contribution is 0.101. The Morgan fingerprint density at radius 1 is 1.05 bits per heavy atom. The van der Waals surface area contributed by atoms with Crippen molar-refractivity contribution >= 4 is 28.5 Å². The number of hydrogen-bond donors (Lipinski definition) is 0. The van der Waals surface area contributed by atoms with Gasteiger partial charge in [-0.25, -0.2) is 9.78 Å². The molecule has 2 aromatic heterocycles. The molecule has 2 aromatic carbocycles. The molecule has 0 N–H and O–H groups in total. The van der Waals surface area contributed by atoms with Crippen LogP contribution in [0.4, 0.5) is 0 Å². The highest BCUT2D eigenvalue weighted by atomic mass is 32.2. The lowest BCUT2D eigenvalue weighted by atomic mass is 9.62. The highest BCUT2D eigenvalue weighted by molar-refractivity contribution is 7.99. The molecule has 4 aromatic rings. The number of thioether (sulfide) groups is 1. The fraction of sp³-hybridized carbons (Fsp3) is 0.333. The van der Waals surface area contributed by atoms with Crippen molar-refractivity contribution < 1.29 is 9.21 Å². The number of nitrogens with zero attached hydrogens (tertiary/aromatic N) is 2. The summed E-state index contributed by atoms with van der Waals surface area (Å²) >= 11 is 1.21. The summed E-state index contributed by atoms with van der Waals surface area (Å²) in [6.07, 6.45) is 6.31. The highest BCUT2D eigenvalue weighted by Crippen LogP contribution is 2.48. The molecule has 0 saturated heterocycles. The topological polar surface area (TPSA) is 82.2 Å². The average molecular weight is 513 g/mol. The molecule has 1 fully saturated rings. The van der Waals surface area contributed by atoms with Gasteiger partial charge in [-0.05, 0) is 43.9 Å². The molecule has 2 aliphatic rings. The van der Waals surface area contributed by atoms with Crippen molar-refractivity contribution in [3.05, 3.63) is 92.1 Å². The normalized spacial score (nSPS) is 15.9. The van der Waals surface area contributed by atoms with E-state index in [4.69, 9.17) is 9.40 Å². The summed E-state index contributed by atoms with van der Waals surface area (Å²) in [5.74, 6) is -0.357. The van der Waals surface area contributed by atoms with Crippen LogP contribution in [0.1, 0.15) is 60.5 Å². The lowest BCUT2D eigenvalue weighted by Gasteiger charge is -2.42. The fourth-order valence-electron chi connectivity index (χ4n) is 6.07. The first-order chi connectivity index (χ1) is 18.0. The van der Waals surface area contributed by atoms with Crippen LogP contribution >= 0.6 is 11.8 Å². The molecule has 2 heterocycles. The number of benzene rings is 2. The summed E-state index contributed by atoms with van der Waals surface area (Å²) in [6, 6.07) is 16.9. The van der Waals surface area contributed by atoms with Gasteiger partial charge >= 0.3 is 5.63 Å². The number of rotatable bonds is 5. The van der Waals surface area contributed by atoms with Gasteiger partial charge in [0.15, 0.2) is 10.9 Å².